The first-order valence-electron chi connectivity index (χ1n) is 5.78. The van der Waals surface area contributed by atoms with Crippen LogP contribution in [-0.4, -0.2) is 15.9 Å². The minimum Gasteiger partial charge on any atom is -0.384 e. The summed E-state index contributed by atoms with van der Waals surface area (Å²) in [5.41, 5.74) is 14.3. The largest absolute Gasteiger partial charge is 0.384 e. The zero-order valence-corrected chi connectivity index (χ0v) is 10.1. The molecule has 0 spiro atoms. The predicted molar refractivity (Wildman–Crippen MR) is 74.5 cm³/mol. The number of rotatable bonds is 2. The van der Waals surface area contributed by atoms with Crippen LogP contribution in [-0.2, 0) is 0 Å². The van der Waals surface area contributed by atoms with E-state index in [9.17, 15) is 4.79 Å². The average Bonchev–Trinajstić information content (AvgIpc) is 2.81. The van der Waals surface area contributed by atoms with Crippen molar-refractivity contribution in [2.75, 3.05) is 5.73 Å². The van der Waals surface area contributed by atoms with Gasteiger partial charge in [0.05, 0.1) is 11.7 Å². The molecule has 3 aromatic rings. The van der Waals surface area contributed by atoms with E-state index in [0.717, 1.165) is 22.0 Å². The molecule has 0 radical (unpaired) electrons. The van der Waals surface area contributed by atoms with Gasteiger partial charge in [0, 0.05) is 22.7 Å². The van der Waals surface area contributed by atoms with Gasteiger partial charge >= 0.3 is 0 Å². The number of anilines is 1. The number of carbonyl (C=O) groups excluding carboxylic acids is 1. The van der Waals surface area contributed by atoms with Crippen molar-refractivity contribution in [3.63, 3.8) is 0 Å². The Morgan fingerprint density at radius 1 is 1.21 bits per heavy atom. The Bertz CT molecular complexity index is 759. The molecule has 5 N–H and O–H groups in total. The maximum atomic E-state index is 11.0. The number of hydrogen-bond acceptors (Lipinski definition) is 3. The van der Waals surface area contributed by atoms with Gasteiger partial charge in [-0.1, -0.05) is 12.1 Å². The molecule has 19 heavy (non-hydrogen) atoms. The van der Waals surface area contributed by atoms with E-state index < -0.39 is 5.91 Å². The molecule has 0 saturated heterocycles. The van der Waals surface area contributed by atoms with Gasteiger partial charge in [-0.2, -0.15) is 0 Å². The zero-order valence-electron chi connectivity index (χ0n) is 10.1. The number of primary amides is 1. The van der Waals surface area contributed by atoms with Crippen LogP contribution < -0.4 is 11.5 Å². The topological polar surface area (TPSA) is 97.8 Å². The first-order valence-corrected chi connectivity index (χ1v) is 5.78. The number of aromatic amines is 1. The first-order chi connectivity index (χ1) is 9.15. The van der Waals surface area contributed by atoms with Crippen molar-refractivity contribution >= 4 is 22.6 Å². The zero-order chi connectivity index (χ0) is 13.4. The van der Waals surface area contributed by atoms with E-state index in [1.54, 1.807) is 18.3 Å². The molecule has 0 bridgehead atoms. The van der Waals surface area contributed by atoms with Crippen LogP contribution in [0.1, 0.15) is 10.4 Å². The molecule has 1 aromatic carbocycles. The molecular formula is C14H12N4O. The Balaban J connectivity index is 2.13. The molecule has 2 aromatic heterocycles. The number of H-pyrrole nitrogens is 1. The molecule has 0 aliphatic rings. The smallest absolute Gasteiger partial charge is 0.248 e. The number of pyridine rings is 1. The maximum absolute atomic E-state index is 11.0. The fourth-order valence-electron chi connectivity index (χ4n) is 2.09. The van der Waals surface area contributed by atoms with Crippen LogP contribution in [0.4, 0.5) is 5.82 Å². The lowest BCUT2D eigenvalue weighted by Crippen LogP contribution is -2.10. The van der Waals surface area contributed by atoms with E-state index >= 15 is 0 Å². The van der Waals surface area contributed by atoms with Crippen molar-refractivity contribution in [3.8, 4) is 11.1 Å². The second-order valence-electron chi connectivity index (χ2n) is 4.30. The van der Waals surface area contributed by atoms with Gasteiger partial charge in [-0.25, -0.2) is 4.98 Å². The molecule has 2 heterocycles. The molecule has 0 saturated carbocycles. The van der Waals surface area contributed by atoms with Crippen LogP contribution in [0.15, 0.2) is 42.7 Å². The van der Waals surface area contributed by atoms with Crippen molar-refractivity contribution < 1.29 is 4.79 Å². The summed E-state index contributed by atoms with van der Waals surface area (Å²) in [7, 11) is 0. The molecule has 0 aliphatic carbocycles. The Morgan fingerprint density at radius 3 is 2.63 bits per heavy atom. The third kappa shape index (κ3) is 1.91. The monoisotopic (exact) mass is 252 g/mol. The average molecular weight is 252 g/mol. The first kappa shape index (κ1) is 11.3. The SMILES string of the molecule is NC(=O)c1ccc(-c2c[nH]c3cnc(N)cc23)cc1. The number of benzene rings is 1. The molecule has 5 nitrogen and oxygen atoms in total. The predicted octanol–water partition coefficient (Wildman–Crippen LogP) is 1.91. The molecular weight excluding hydrogens is 240 g/mol. The number of amides is 1. The third-order valence-electron chi connectivity index (χ3n) is 3.07. The summed E-state index contributed by atoms with van der Waals surface area (Å²) in [5.74, 6) is 0.0426. The maximum Gasteiger partial charge on any atom is 0.248 e. The Kier molecular flexibility index (Phi) is 2.45. The van der Waals surface area contributed by atoms with Crippen LogP contribution in [0.2, 0.25) is 0 Å². The molecule has 1 amide bonds. The van der Waals surface area contributed by atoms with Crippen LogP contribution in [0.3, 0.4) is 0 Å². The van der Waals surface area contributed by atoms with E-state index in [-0.39, 0.29) is 0 Å². The van der Waals surface area contributed by atoms with Crippen molar-refractivity contribution in [2.45, 2.75) is 0 Å². The Morgan fingerprint density at radius 2 is 1.95 bits per heavy atom. The number of nitrogens with zero attached hydrogens (tertiary/aromatic N) is 1. The number of aromatic nitrogens is 2. The number of nitrogens with two attached hydrogens (primary N) is 2. The van der Waals surface area contributed by atoms with Crippen LogP contribution in [0, 0.1) is 0 Å². The van der Waals surface area contributed by atoms with Crippen molar-refractivity contribution in [1.29, 1.82) is 0 Å². The number of nitrogen functional groups attached to an aromatic ring is 1. The molecule has 3 rings (SSSR count). The lowest BCUT2D eigenvalue weighted by Gasteiger charge is -2.01. The van der Waals surface area contributed by atoms with E-state index in [0.29, 0.717) is 11.4 Å². The summed E-state index contributed by atoms with van der Waals surface area (Å²) in [4.78, 5) is 18.2. The minimum absolute atomic E-state index is 0.432. The molecule has 0 atom stereocenters. The summed E-state index contributed by atoms with van der Waals surface area (Å²) in [6.45, 7) is 0. The summed E-state index contributed by atoms with van der Waals surface area (Å²) in [6, 6.07) is 8.96. The van der Waals surface area contributed by atoms with E-state index in [2.05, 4.69) is 9.97 Å². The Labute approximate surface area is 109 Å². The van der Waals surface area contributed by atoms with Gasteiger partial charge in [-0.05, 0) is 23.8 Å². The molecule has 0 aliphatic heterocycles. The van der Waals surface area contributed by atoms with E-state index in [1.165, 1.54) is 0 Å². The highest BCUT2D eigenvalue weighted by atomic mass is 16.1. The van der Waals surface area contributed by atoms with E-state index in [1.807, 2.05) is 24.4 Å². The normalized spacial score (nSPS) is 10.7. The highest BCUT2D eigenvalue weighted by Crippen LogP contribution is 2.29. The van der Waals surface area contributed by atoms with Gasteiger partial charge in [0.2, 0.25) is 5.91 Å². The summed E-state index contributed by atoms with van der Waals surface area (Å²) >= 11 is 0. The van der Waals surface area contributed by atoms with Crippen molar-refractivity contribution in [3.05, 3.63) is 48.3 Å². The lowest BCUT2D eigenvalue weighted by atomic mass is 10.0. The van der Waals surface area contributed by atoms with Crippen molar-refractivity contribution in [1.82, 2.24) is 9.97 Å². The molecule has 5 heteroatoms. The fraction of sp³-hybridized carbons (Fsp3) is 0. The second-order valence-corrected chi connectivity index (χ2v) is 4.30. The van der Waals surface area contributed by atoms with Gasteiger partial charge in [-0.15, -0.1) is 0 Å². The lowest BCUT2D eigenvalue weighted by molar-refractivity contribution is 0.100. The minimum atomic E-state index is -0.432. The number of nitrogens with one attached hydrogen (secondary N) is 1. The second kappa shape index (κ2) is 4.13. The molecule has 0 unspecified atom stereocenters. The summed E-state index contributed by atoms with van der Waals surface area (Å²) in [6.07, 6.45) is 3.59. The highest BCUT2D eigenvalue weighted by molar-refractivity contribution is 5.97. The quantitative estimate of drug-likeness (QED) is 0.649. The summed E-state index contributed by atoms with van der Waals surface area (Å²) in [5, 5.41) is 0.999. The van der Waals surface area contributed by atoms with Gasteiger partial charge in [-0.3, -0.25) is 4.79 Å². The van der Waals surface area contributed by atoms with Crippen LogP contribution in [0.25, 0.3) is 22.0 Å². The third-order valence-corrected chi connectivity index (χ3v) is 3.07. The number of fused-ring (bicyclic) bond motifs is 1. The van der Waals surface area contributed by atoms with Gasteiger partial charge in [0.15, 0.2) is 0 Å². The highest BCUT2D eigenvalue weighted by Gasteiger charge is 2.08. The van der Waals surface area contributed by atoms with Crippen molar-refractivity contribution in [2.24, 2.45) is 5.73 Å². The van der Waals surface area contributed by atoms with Gasteiger partial charge < -0.3 is 16.5 Å². The summed E-state index contributed by atoms with van der Waals surface area (Å²) < 4.78 is 0. The van der Waals surface area contributed by atoms with Gasteiger partial charge in [0.1, 0.15) is 5.82 Å². The molecule has 94 valence electrons. The number of carbonyl (C=O) groups is 1. The van der Waals surface area contributed by atoms with Crippen LogP contribution in [0.5, 0.6) is 0 Å². The van der Waals surface area contributed by atoms with E-state index in [4.69, 9.17) is 11.5 Å². The fourth-order valence-corrected chi connectivity index (χ4v) is 2.09. The van der Waals surface area contributed by atoms with Gasteiger partial charge in [0.25, 0.3) is 0 Å². The number of hydrogen-bond donors (Lipinski definition) is 3. The Hall–Kier alpha value is -2.82. The van der Waals surface area contributed by atoms with Crippen LogP contribution >= 0.6 is 0 Å². The molecule has 0 fully saturated rings. The standard InChI is InChI=1S/C14H12N4O/c15-13-5-10-11(6-17-12(10)7-18-13)8-1-3-9(4-2-8)14(16)19/h1-7,17H,(H2,15,18)(H2,16,19).